The number of hydrogen-bond donors (Lipinski definition) is 1. The summed E-state index contributed by atoms with van der Waals surface area (Å²) in [6, 6.07) is 9.43. The predicted octanol–water partition coefficient (Wildman–Crippen LogP) is 5.65. The molecule has 0 saturated carbocycles. The number of esters is 1. The SMILES string of the molecule is Cc1onc(-c2ccccc2)c1C(=O)Nc1sc2c(c1C(=O)OC(C)C)CC[C@H](C)C2. The van der Waals surface area contributed by atoms with Gasteiger partial charge in [-0.1, -0.05) is 42.4 Å². The molecular formula is C24H26N2O4S. The lowest BCUT2D eigenvalue weighted by Gasteiger charge is -2.18. The van der Waals surface area contributed by atoms with Gasteiger partial charge < -0.3 is 14.6 Å². The highest BCUT2D eigenvalue weighted by atomic mass is 32.1. The molecule has 0 bridgehead atoms. The van der Waals surface area contributed by atoms with Crippen LogP contribution in [-0.4, -0.2) is 23.1 Å². The Morgan fingerprint density at radius 1 is 1.23 bits per heavy atom. The molecule has 7 heteroatoms. The molecule has 31 heavy (non-hydrogen) atoms. The van der Waals surface area contributed by atoms with Crippen molar-refractivity contribution >= 4 is 28.2 Å². The lowest BCUT2D eigenvalue weighted by Crippen LogP contribution is -2.19. The van der Waals surface area contributed by atoms with Gasteiger partial charge in [0.05, 0.1) is 11.7 Å². The Morgan fingerprint density at radius 2 is 1.97 bits per heavy atom. The molecule has 2 aromatic heterocycles. The lowest BCUT2D eigenvalue weighted by molar-refractivity contribution is 0.0378. The van der Waals surface area contributed by atoms with Gasteiger partial charge >= 0.3 is 5.97 Å². The van der Waals surface area contributed by atoms with Gasteiger partial charge in [0.15, 0.2) is 0 Å². The smallest absolute Gasteiger partial charge is 0.341 e. The van der Waals surface area contributed by atoms with E-state index in [1.54, 1.807) is 6.92 Å². The fourth-order valence-corrected chi connectivity index (χ4v) is 5.32. The molecule has 1 aliphatic carbocycles. The predicted molar refractivity (Wildman–Crippen MR) is 121 cm³/mol. The highest BCUT2D eigenvalue weighted by Crippen LogP contribution is 2.40. The summed E-state index contributed by atoms with van der Waals surface area (Å²) in [6.07, 6.45) is 2.49. The Balaban J connectivity index is 1.71. The number of nitrogens with zero attached hydrogens (tertiary/aromatic N) is 1. The van der Waals surface area contributed by atoms with Gasteiger partial charge in [-0.3, -0.25) is 4.79 Å². The van der Waals surface area contributed by atoms with Crippen molar-refractivity contribution in [1.82, 2.24) is 5.16 Å². The van der Waals surface area contributed by atoms with Crippen molar-refractivity contribution in [3.63, 3.8) is 0 Å². The van der Waals surface area contributed by atoms with Gasteiger partial charge in [0.2, 0.25) is 0 Å². The molecule has 3 aromatic rings. The molecule has 1 aliphatic rings. The van der Waals surface area contributed by atoms with E-state index in [0.29, 0.717) is 33.5 Å². The Morgan fingerprint density at radius 3 is 2.68 bits per heavy atom. The van der Waals surface area contributed by atoms with Crippen molar-refractivity contribution in [1.29, 1.82) is 0 Å². The largest absolute Gasteiger partial charge is 0.459 e. The van der Waals surface area contributed by atoms with E-state index in [4.69, 9.17) is 9.26 Å². The second kappa shape index (κ2) is 8.67. The Hall–Kier alpha value is -2.93. The number of hydrogen-bond acceptors (Lipinski definition) is 6. The number of amides is 1. The van der Waals surface area contributed by atoms with Crippen LogP contribution in [0.2, 0.25) is 0 Å². The third kappa shape index (κ3) is 4.28. The molecule has 1 aromatic carbocycles. The van der Waals surface area contributed by atoms with Crippen LogP contribution in [0, 0.1) is 12.8 Å². The zero-order valence-corrected chi connectivity index (χ0v) is 19.0. The Labute approximate surface area is 185 Å². The van der Waals surface area contributed by atoms with Crippen molar-refractivity contribution in [3.05, 3.63) is 57.7 Å². The highest BCUT2D eigenvalue weighted by Gasteiger charge is 2.31. The van der Waals surface area contributed by atoms with E-state index in [-0.39, 0.29) is 18.0 Å². The Bertz CT molecular complexity index is 1110. The van der Waals surface area contributed by atoms with Crippen LogP contribution in [0.3, 0.4) is 0 Å². The van der Waals surface area contributed by atoms with Crippen molar-refractivity contribution in [2.75, 3.05) is 5.32 Å². The van der Waals surface area contributed by atoms with Crippen LogP contribution in [0.4, 0.5) is 5.00 Å². The van der Waals surface area contributed by atoms with Crippen LogP contribution < -0.4 is 5.32 Å². The zero-order chi connectivity index (χ0) is 22.1. The van der Waals surface area contributed by atoms with Crippen LogP contribution in [-0.2, 0) is 17.6 Å². The van der Waals surface area contributed by atoms with Gasteiger partial charge in [-0.25, -0.2) is 4.79 Å². The van der Waals surface area contributed by atoms with Crippen LogP contribution >= 0.6 is 11.3 Å². The quantitative estimate of drug-likeness (QED) is 0.520. The van der Waals surface area contributed by atoms with Crippen molar-refractivity contribution < 1.29 is 18.8 Å². The van der Waals surface area contributed by atoms with E-state index in [2.05, 4.69) is 17.4 Å². The number of anilines is 1. The fourth-order valence-electron chi connectivity index (χ4n) is 3.93. The monoisotopic (exact) mass is 438 g/mol. The number of rotatable bonds is 5. The summed E-state index contributed by atoms with van der Waals surface area (Å²) in [5.74, 6) is 0.247. The minimum absolute atomic E-state index is 0.237. The maximum absolute atomic E-state index is 13.3. The van der Waals surface area contributed by atoms with Crippen LogP contribution in [0.15, 0.2) is 34.9 Å². The van der Waals surface area contributed by atoms with E-state index in [1.807, 2.05) is 44.2 Å². The third-order valence-corrected chi connectivity index (χ3v) is 6.59. The second-order valence-electron chi connectivity index (χ2n) is 8.29. The molecule has 1 N–H and O–H groups in total. The number of nitrogens with one attached hydrogen (secondary N) is 1. The molecule has 0 saturated heterocycles. The maximum atomic E-state index is 13.3. The molecule has 0 radical (unpaired) electrons. The van der Waals surface area contributed by atoms with Crippen LogP contribution in [0.1, 0.15) is 64.1 Å². The number of carbonyl (C=O) groups is 2. The summed E-state index contributed by atoms with van der Waals surface area (Å²) in [5, 5.41) is 7.60. The summed E-state index contributed by atoms with van der Waals surface area (Å²) in [7, 11) is 0. The van der Waals surface area contributed by atoms with Gasteiger partial charge in [-0.15, -0.1) is 11.3 Å². The molecule has 1 atom stereocenters. The van der Waals surface area contributed by atoms with Gasteiger partial charge in [0.1, 0.15) is 22.0 Å². The minimum Gasteiger partial charge on any atom is -0.459 e. The molecule has 1 amide bonds. The molecule has 0 fully saturated rings. The van der Waals surface area contributed by atoms with Crippen LogP contribution in [0.25, 0.3) is 11.3 Å². The van der Waals surface area contributed by atoms with Gasteiger partial charge in [0, 0.05) is 10.4 Å². The summed E-state index contributed by atoms with van der Waals surface area (Å²) in [5.41, 5.74) is 3.15. The average molecular weight is 439 g/mol. The summed E-state index contributed by atoms with van der Waals surface area (Å²) in [6.45, 7) is 7.57. The third-order valence-electron chi connectivity index (χ3n) is 5.42. The number of aromatic nitrogens is 1. The first kappa shape index (κ1) is 21.3. The van der Waals surface area contributed by atoms with E-state index < -0.39 is 0 Å². The van der Waals surface area contributed by atoms with Gasteiger partial charge in [0.25, 0.3) is 5.91 Å². The van der Waals surface area contributed by atoms with Gasteiger partial charge in [-0.05, 0) is 51.5 Å². The fraction of sp³-hybridized carbons (Fsp3) is 0.375. The molecule has 162 valence electrons. The number of aryl methyl sites for hydroxylation is 1. The first-order valence-electron chi connectivity index (χ1n) is 10.5. The normalized spacial score (nSPS) is 15.6. The van der Waals surface area contributed by atoms with Crippen LogP contribution in [0.5, 0.6) is 0 Å². The van der Waals surface area contributed by atoms with E-state index in [0.717, 1.165) is 35.3 Å². The maximum Gasteiger partial charge on any atom is 0.341 e. The minimum atomic E-state index is -0.386. The zero-order valence-electron chi connectivity index (χ0n) is 18.2. The number of ether oxygens (including phenoxy) is 1. The number of benzene rings is 1. The second-order valence-corrected chi connectivity index (χ2v) is 9.40. The molecule has 2 heterocycles. The molecule has 6 nitrogen and oxygen atoms in total. The van der Waals surface area contributed by atoms with Gasteiger partial charge in [-0.2, -0.15) is 0 Å². The summed E-state index contributed by atoms with van der Waals surface area (Å²) < 4.78 is 10.8. The van der Waals surface area contributed by atoms with E-state index in [9.17, 15) is 9.59 Å². The highest BCUT2D eigenvalue weighted by molar-refractivity contribution is 7.17. The van der Waals surface area contributed by atoms with Crippen molar-refractivity contribution in [3.8, 4) is 11.3 Å². The summed E-state index contributed by atoms with van der Waals surface area (Å²) in [4.78, 5) is 27.4. The molecular weight excluding hydrogens is 412 g/mol. The average Bonchev–Trinajstić information content (AvgIpc) is 3.27. The number of thiophene rings is 1. The topological polar surface area (TPSA) is 81.4 Å². The molecule has 0 spiro atoms. The Kier molecular flexibility index (Phi) is 5.96. The first-order chi connectivity index (χ1) is 14.8. The molecule has 0 aliphatic heterocycles. The number of carbonyl (C=O) groups excluding carboxylic acids is 2. The van der Waals surface area contributed by atoms with E-state index >= 15 is 0 Å². The first-order valence-corrected chi connectivity index (χ1v) is 11.3. The molecule has 0 unspecified atom stereocenters. The van der Waals surface area contributed by atoms with Crippen molar-refractivity contribution in [2.24, 2.45) is 5.92 Å². The standard InChI is InChI=1S/C24H26N2O4S/c1-13(2)29-24(28)20-17-11-10-14(3)12-18(17)31-23(20)25-22(27)19-15(4)30-26-21(19)16-8-6-5-7-9-16/h5-9,13-14H,10-12H2,1-4H3,(H,25,27)/t14-/m0/s1. The molecule has 4 rings (SSSR count). The van der Waals surface area contributed by atoms with Crippen molar-refractivity contribution in [2.45, 2.75) is 53.1 Å². The number of fused-ring (bicyclic) bond motifs is 1. The lowest BCUT2D eigenvalue weighted by atomic mass is 9.88. The van der Waals surface area contributed by atoms with E-state index in [1.165, 1.54) is 11.3 Å². The summed E-state index contributed by atoms with van der Waals surface area (Å²) >= 11 is 1.47.